The number of hydrogen-bond acceptors (Lipinski definition) is 4. The molecule has 1 aliphatic heterocycles. The first kappa shape index (κ1) is 21.3. The number of allylic oxidation sites excluding steroid dienone is 2. The summed E-state index contributed by atoms with van der Waals surface area (Å²) in [6.07, 6.45) is 7.09. The first-order chi connectivity index (χ1) is 14.4. The van der Waals surface area contributed by atoms with Gasteiger partial charge in [0.05, 0.1) is 11.5 Å². The third-order valence-electron chi connectivity index (χ3n) is 4.81. The largest absolute Gasteiger partial charge is 0.478 e. The molecule has 1 aromatic heterocycles. The van der Waals surface area contributed by atoms with Gasteiger partial charge in [-0.05, 0) is 49.2 Å². The molecule has 6 nitrogen and oxygen atoms in total. The third-order valence-corrected chi connectivity index (χ3v) is 5.05. The van der Waals surface area contributed by atoms with E-state index in [1.807, 2.05) is 24.3 Å². The number of amides is 1. The van der Waals surface area contributed by atoms with Crippen LogP contribution >= 0.6 is 11.6 Å². The van der Waals surface area contributed by atoms with Gasteiger partial charge in [-0.2, -0.15) is 0 Å². The Labute approximate surface area is 180 Å². The zero-order valence-electron chi connectivity index (χ0n) is 16.6. The van der Waals surface area contributed by atoms with Crippen molar-refractivity contribution in [3.05, 3.63) is 93.6 Å². The van der Waals surface area contributed by atoms with Crippen LogP contribution in [0.15, 0.2) is 77.4 Å². The van der Waals surface area contributed by atoms with Crippen LogP contribution in [0.5, 0.6) is 0 Å². The summed E-state index contributed by atoms with van der Waals surface area (Å²) in [4.78, 5) is 29.0. The highest BCUT2D eigenvalue weighted by Gasteiger charge is 2.36. The first-order valence-corrected chi connectivity index (χ1v) is 9.78. The molecule has 30 heavy (non-hydrogen) atoms. The Balaban J connectivity index is 1.88. The molecule has 0 aliphatic carbocycles. The minimum absolute atomic E-state index is 0.125. The van der Waals surface area contributed by atoms with Crippen LogP contribution in [-0.4, -0.2) is 28.5 Å². The summed E-state index contributed by atoms with van der Waals surface area (Å²) in [5.74, 6) is -2.15. The van der Waals surface area contributed by atoms with Gasteiger partial charge in [0, 0.05) is 40.9 Å². The van der Waals surface area contributed by atoms with Gasteiger partial charge in [0.1, 0.15) is 0 Å². The van der Waals surface area contributed by atoms with Crippen LogP contribution in [0.2, 0.25) is 5.02 Å². The van der Waals surface area contributed by atoms with E-state index in [4.69, 9.17) is 11.6 Å². The zero-order valence-corrected chi connectivity index (χ0v) is 17.4. The van der Waals surface area contributed by atoms with Gasteiger partial charge < -0.3 is 15.7 Å². The number of dihydropyridines is 1. The quantitative estimate of drug-likeness (QED) is 0.655. The number of hydrogen-bond donors (Lipinski definition) is 3. The molecule has 1 amide bonds. The lowest BCUT2D eigenvalue weighted by molar-refractivity contribution is -0.133. The van der Waals surface area contributed by atoms with E-state index < -0.39 is 11.9 Å². The Morgan fingerprint density at radius 2 is 1.87 bits per heavy atom. The minimum atomic E-state index is -1.08. The molecule has 3 rings (SSSR count). The number of aliphatic carboxylic acids is 1. The van der Waals surface area contributed by atoms with Gasteiger partial charge in [-0.15, -0.1) is 0 Å². The second kappa shape index (κ2) is 9.41. The topological polar surface area (TPSA) is 91.3 Å². The second-order valence-electron chi connectivity index (χ2n) is 6.89. The molecule has 1 aromatic carbocycles. The predicted octanol–water partition coefficient (Wildman–Crippen LogP) is 3.88. The Morgan fingerprint density at radius 1 is 1.17 bits per heavy atom. The van der Waals surface area contributed by atoms with E-state index in [1.54, 1.807) is 50.5 Å². The van der Waals surface area contributed by atoms with E-state index in [9.17, 15) is 14.7 Å². The molecule has 0 bridgehead atoms. The Morgan fingerprint density at radius 3 is 2.53 bits per heavy atom. The van der Waals surface area contributed by atoms with Gasteiger partial charge in [0.2, 0.25) is 5.91 Å². The molecule has 2 aromatic rings. The van der Waals surface area contributed by atoms with Crippen LogP contribution in [0.4, 0.5) is 0 Å². The summed E-state index contributed by atoms with van der Waals surface area (Å²) in [6.45, 7) is 3.75. The smallest absolute Gasteiger partial charge is 0.334 e. The summed E-state index contributed by atoms with van der Waals surface area (Å²) >= 11 is 6.14. The highest BCUT2D eigenvalue weighted by molar-refractivity contribution is 6.30. The molecule has 0 saturated carbocycles. The number of nitrogens with zero attached hydrogens (tertiary/aromatic N) is 1. The van der Waals surface area contributed by atoms with Gasteiger partial charge in [-0.1, -0.05) is 35.9 Å². The lowest BCUT2D eigenvalue weighted by atomic mass is 9.80. The highest BCUT2D eigenvalue weighted by Crippen LogP contribution is 2.38. The third kappa shape index (κ3) is 4.78. The van der Waals surface area contributed by atoms with Crippen LogP contribution in [-0.2, 0) is 9.59 Å². The summed E-state index contributed by atoms with van der Waals surface area (Å²) in [6, 6.07) is 10.6. The van der Waals surface area contributed by atoms with Crippen LogP contribution < -0.4 is 10.6 Å². The summed E-state index contributed by atoms with van der Waals surface area (Å²) < 4.78 is 0. The summed E-state index contributed by atoms with van der Waals surface area (Å²) in [7, 11) is 0. The van der Waals surface area contributed by atoms with Crippen molar-refractivity contribution >= 4 is 29.6 Å². The van der Waals surface area contributed by atoms with E-state index in [0.717, 1.165) is 5.56 Å². The molecule has 2 heterocycles. The predicted molar refractivity (Wildman–Crippen MR) is 117 cm³/mol. The average Bonchev–Trinajstić information content (AvgIpc) is 2.71. The minimum Gasteiger partial charge on any atom is -0.478 e. The number of aromatic nitrogens is 1. The van der Waals surface area contributed by atoms with E-state index >= 15 is 0 Å². The van der Waals surface area contributed by atoms with Crippen molar-refractivity contribution in [1.82, 2.24) is 15.6 Å². The Kier molecular flexibility index (Phi) is 6.69. The summed E-state index contributed by atoms with van der Waals surface area (Å²) in [5.41, 5.74) is 3.21. The van der Waals surface area contributed by atoms with Crippen LogP contribution in [0.3, 0.4) is 0 Å². The molecule has 1 aliphatic rings. The number of benzene rings is 1. The monoisotopic (exact) mass is 423 g/mol. The average molecular weight is 424 g/mol. The molecule has 0 spiro atoms. The number of carboxylic acid groups (broad SMARTS) is 1. The molecule has 7 heteroatoms. The van der Waals surface area contributed by atoms with Crippen LogP contribution in [0.25, 0.3) is 6.08 Å². The molecule has 1 atom stereocenters. The first-order valence-electron chi connectivity index (χ1n) is 9.40. The maximum atomic E-state index is 13.1. The fourth-order valence-corrected chi connectivity index (χ4v) is 3.71. The number of pyridine rings is 1. The Bertz CT molecular complexity index is 1060. The van der Waals surface area contributed by atoms with Crippen molar-refractivity contribution in [1.29, 1.82) is 0 Å². The van der Waals surface area contributed by atoms with Crippen molar-refractivity contribution in [3.8, 4) is 0 Å². The van der Waals surface area contributed by atoms with Crippen LogP contribution in [0, 0.1) is 0 Å². The normalized spacial score (nSPS) is 16.6. The number of nitrogens with one attached hydrogen (secondary N) is 2. The second-order valence-corrected chi connectivity index (χ2v) is 7.32. The van der Waals surface area contributed by atoms with Gasteiger partial charge in [0.15, 0.2) is 0 Å². The van der Waals surface area contributed by atoms with Gasteiger partial charge in [-0.3, -0.25) is 9.78 Å². The lowest BCUT2D eigenvalue weighted by Gasteiger charge is -2.30. The van der Waals surface area contributed by atoms with Crippen molar-refractivity contribution in [3.63, 3.8) is 0 Å². The number of carbonyl (C=O) groups excluding carboxylic acids is 1. The maximum Gasteiger partial charge on any atom is 0.334 e. The molecular formula is C23H22ClN3O3. The molecule has 0 fully saturated rings. The van der Waals surface area contributed by atoms with Gasteiger partial charge in [-0.25, -0.2) is 4.79 Å². The Hall–Kier alpha value is -3.38. The van der Waals surface area contributed by atoms with Crippen molar-refractivity contribution in [2.75, 3.05) is 6.54 Å². The molecule has 1 unspecified atom stereocenters. The van der Waals surface area contributed by atoms with Crippen molar-refractivity contribution in [2.24, 2.45) is 0 Å². The molecule has 154 valence electrons. The SMILES string of the molecule is CC1=C(C(=O)O)C(c2cccc(Cl)c2)C(C(=O)NC/C=C/c2ccncc2)=C(C)N1. The zero-order chi connectivity index (χ0) is 21.7. The molecular weight excluding hydrogens is 402 g/mol. The number of carbonyl (C=O) groups is 2. The lowest BCUT2D eigenvalue weighted by Crippen LogP contribution is -2.36. The number of carboxylic acids is 1. The highest BCUT2D eigenvalue weighted by atomic mass is 35.5. The molecule has 0 saturated heterocycles. The van der Waals surface area contributed by atoms with Crippen LogP contribution in [0.1, 0.15) is 30.9 Å². The van der Waals surface area contributed by atoms with E-state index in [1.165, 1.54) is 0 Å². The number of halogens is 1. The van der Waals surface area contributed by atoms with E-state index in [0.29, 0.717) is 34.1 Å². The fourth-order valence-electron chi connectivity index (χ4n) is 3.51. The fraction of sp³-hybridized carbons (Fsp3) is 0.174. The van der Waals surface area contributed by atoms with Gasteiger partial charge >= 0.3 is 5.97 Å². The molecule has 0 radical (unpaired) electrons. The van der Waals surface area contributed by atoms with Crippen molar-refractivity contribution in [2.45, 2.75) is 19.8 Å². The van der Waals surface area contributed by atoms with E-state index in [-0.39, 0.29) is 11.5 Å². The van der Waals surface area contributed by atoms with Gasteiger partial charge in [0.25, 0.3) is 0 Å². The number of rotatable bonds is 6. The van der Waals surface area contributed by atoms with E-state index in [2.05, 4.69) is 15.6 Å². The van der Waals surface area contributed by atoms with Crippen molar-refractivity contribution < 1.29 is 14.7 Å². The molecule has 3 N–H and O–H groups in total. The summed E-state index contributed by atoms with van der Waals surface area (Å²) in [5, 5.41) is 16.2. The maximum absolute atomic E-state index is 13.1. The standard InChI is InChI=1S/C23H22ClN3O3/c1-14-19(22(28)26-10-4-5-16-8-11-25-12-9-16)21(17-6-3-7-18(24)13-17)20(23(29)30)15(2)27-14/h3-9,11-13,21,27H,10H2,1-2H3,(H,26,28)(H,29,30)/b5-4+.